The molecule has 0 fully saturated rings. The van der Waals surface area contributed by atoms with E-state index in [0.717, 1.165) is 10.6 Å². The van der Waals surface area contributed by atoms with Crippen LogP contribution in [0.4, 0.5) is 4.79 Å². The molecular formula is C9H15N3OS. The largest absolute Gasteiger partial charge is 0.333 e. The molecule has 1 N–H and O–H groups in total. The van der Waals surface area contributed by atoms with Gasteiger partial charge in [-0.2, -0.15) is 0 Å². The second kappa shape index (κ2) is 4.95. The van der Waals surface area contributed by atoms with Crippen LogP contribution in [0.25, 0.3) is 0 Å². The number of aryl methyl sites for hydroxylation is 1. The first-order valence-electron chi connectivity index (χ1n) is 4.53. The van der Waals surface area contributed by atoms with Crippen LogP contribution in [0.15, 0.2) is 5.51 Å². The standard InChI is InChI=1S/C9H15N3OS/c1-4-12(3)9(13)10-5-8-7(2)11-6-14-8/h6H,4-5H2,1-3H3,(H,10,13). The number of carbonyl (C=O) groups is 1. The first-order valence-corrected chi connectivity index (χ1v) is 5.41. The number of hydrogen-bond acceptors (Lipinski definition) is 3. The number of amides is 2. The van der Waals surface area contributed by atoms with E-state index in [0.29, 0.717) is 13.1 Å². The number of hydrogen-bond donors (Lipinski definition) is 1. The Balaban J connectivity index is 2.41. The molecule has 0 unspecified atom stereocenters. The average molecular weight is 213 g/mol. The van der Waals surface area contributed by atoms with E-state index in [1.54, 1.807) is 28.8 Å². The highest BCUT2D eigenvalue weighted by molar-refractivity contribution is 7.09. The number of rotatable bonds is 3. The molecule has 1 aromatic rings. The smallest absolute Gasteiger partial charge is 0.317 e. The van der Waals surface area contributed by atoms with E-state index < -0.39 is 0 Å². The second-order valence-corrected chi connectivity index (χ2v) is 3.97. The van der Waals surface area contributed by atoms with Gasteiger partial charge in [-0.3, -0.25) is 0 Å². The summed E-state index contributed by atoms with van der Waals surface area (Å²) in [6, 6.07) is -0.0414. The van der Waals surface area contributed by atoms with Crippen molar-refractivity contribution >= 4 is 17.4 Å². The lowest BCUT2D eigenvalue weighted by molar-refractivity contribution is 0.210. The molecule has 0 spiro atoms. The van der Waals surface area contributed by atoms with Crippen molar-refractivity contribution in [1.29, 1.82) is 0 Å². The fraction of sp³-hybridized carbons (Fsp3) is 0.556. The number of carbonyl (C=O) groups excluding carboxylic acids is 1. The molecule has 0 saturated heterocycles. The fourth-order valence-electron chi connectivity index (χ4n) is 0.930. The van der Waals surface area contributed by atoms with Gasteiger partial charge in [0.15, 0.2) is 0 Å². The molecule has 1 aromatic heterocycles. The minimum absolute atomic E-state index is 0.0414. The number of thiazole rings is 1. The highest BCUT2D eigenvalue weighted by Crippen LogP contribution is 2.11. The molecule has 0 atom stereocenters. The van der Waals surface area contributed by atoms with Gasteiger partial charge in [0, 0.05) is 18.5 Å². The summed E-state index contributed by atoms with van der Waals surface area (Å²) in [5.41, 5.74) is 2.79. The van der Waals surface area contributed by atoms with Crippen molar-refractivity contribution in [2.24, 2.45) is 0 Å². The Hall–Kier alpha value is -1.10. The Morgan fingerprint density at radius 2 is 2.43 bits per heavy atom. The number of nitrogens with one attached hydrogen (secondary N) is 1. The maximum atomic E-state index is 11.4. The van der Waals surface area contributed by atoms with E-state index in [-0.39, 0.29) is 6.03 Å². The quantitative estimate of drug-likeness (QED) is 0.829. The van der Waals surface area contributed by atoms with E-state index in [4.69, 9.17) is 0 Å². The van der Waals surface area contributed by atoms with Crippen LogP contribution in [0.1, 0.15) is 17.5 Å². The van der Waals surface area contributed by atoms with E-state index in [1.807, 2.05) is 13.8 Å². The van der Waals surface area contributed by atoms with Gasteiger partial charge < -0.3 is 10.2 Å². The molecular weight excluding hydrogens is 198 g/mol. The predicted octanol–water partition coefficient (Wildman–Crippen LogP) is 1.61. The van der Waals surface area contributed by atoms with Gasteiger partial charge in [-0.25, -0.2) is 9.78 Å². The summed E-state index contributed by atoms with van der Waals surface area (Å²) < 4.78 is 0. The Labute approximate surface area is 88.0 Å². The predicted molar refractivity (Wildman–Crippen MR) is 57.4 cm³/mol. The van der Waals surface area contributed by atoms with Crippen molar-refractivity contribution < 1.29 is 4.79 Å². The molecule has 2 amide bonds. The number of nitrogens with zero attached hydrogens (tertiary/aromatic N) is 2. The molecule has 14 heavy (non-hydrogen) atoms. The lowest BCUT2D eigenvalue weighted by Crippen LogP contribution is -2.36. The first-order chi connectivity index (χ1) is 6.65. The molecule has 1 rings (SSSR count). The van der Waals surface area contributed by atoms with Crippen molar-refractivity contribution in [1.82, 2.24) is 15.2 Å². The summed E-state index contributed by atoms with van der Waals surface area (Å²) in [6.07, 6.45) is 0. The number of aromatic nitrogens is 1. The maximum Gasteiger partial charge on any atom is 0.317 e. The van der Waals surface area contributed by atoms with Crippen LogP contribution < -0.4 is 5.32 Å². The topological polar surface area (TPSA) is 45.2 Å². The minimum atomic E-state index is -0.0414. The van der Waals surface area contributed by atoms with E-state index in [1.165, 1.54) is 0 Å². The van der Waals surface area contributed by atoms with Crippen LogP contribution in [0.3, 0.4) is 0 Å². The van der Waals surface area contributed by atoms with Crippen molar-refractivity contribution in [2.45, 2.75) is 20.4 Å². The Morgan fingerprint density at radius 3 is 2.93 bits per heavy atom. The highest BCUT2D eigenvalue weighted by Gasteiger charge is 2.07. The van der Waals surface area contributed by atoms with Gasteiger partial charge in [0.2, 0.25) is 0 Å². The third kappa shape index (κ3) is 2.70. The van der Waals surface area contributed by atoms with E-state index in [2.05, 4.69) is 10.3 Å². The van der Waals surface area contributed by atoms with Gasteiger partial charge in [-0.15, -0.1) is 11.3 Å². The normalized spacial score (nSPS) is 9.93. The van der Waals surface area contributed by atoms with Crippen molar-refractivity contribution in [3.63, 3.8) is 0 Å². The van der Waals surface area contributed by atoms with Gasteiger partial charge in [0.05, 0.1) is 17.7 Å². The average Bonchev–Trinajstić information content (AvgIpc) is 2.59. The summed E-state index contributed by atoms with van der Waals surface area (Å²) in [4.78, 5) is 18.2. The molecule has 0 aliphatic carbocycles. The van der Waals surface area contributed by atoms with Crippen molar-refractivity contribution in [2.75, 3.05) is 13.6 Å². The second-order valence-electron chi connectivity index (χ2n) is 3.03. The van der Waals surface area contributed by atoms with Crippen molar-refractivity contribution in [3.8, 4) is 0 Å². The first kappa shape index (κ1) is 11.0. The molecule has 0 aromatic carbocycles. The third-order valence-corrected chi connectivity index (χ3v) is 3.00. The lowest BCUT2D eigenvalue weighted by atomic mass is 10.4. The van der Waals surface area contributed by atoms with Crippen LogP contribution in [-0.4, -0.2) is 29.5 Å². The van der Waals surface area contributed by atoms with Gasteiger partial charge in [-0.05, 0) is 13.8 Å². The fourth-order valence-corrected chi connectivity index (χ4v) is 1.65. The van der Waals surface area contributed by atoms with Crippen LogP contribution >= 0.6 is 11.3 Å². The summed E-state index contributed by atoms with van der Waals surface area (Å²) in [5, 5.41) is 2.83. The molecule has 0 saturated carbocycles. The summed E-state index contributed by atoms with van der Waals surface area (Å²) in [6.45, 7) is 5.17. The zero-order valence-electron chi connectivity index (χ0n) is 8.70. The molecule has 0 aliphatic heterocycles. The van der Waals surface area contributed by atoms with Gasteiger partial charge >= 0.3 is 6.03 Å². The van der Waals surface area contributed by atoms with Crippen LogP contribution in [0.2, 0.25) is 0 Å². The third-order valence-electron chi connectivity index (χ3n) is 2.07. The summed E-state index contributed by atoms with van der Waals surface area (Å²) in [7, 11) is 1.77. The Bertz CT molecular complexity index is 311. The van der Waals surface area contributed by atoms with Crippen molar-refractivity contribution in [3.05, 3.63) is 16.1 Å². The maximum absolute atomic E-state index is 11.4. The molecule has 78 valence electrons. The SMILES string of the molecule is CCN(C)C(=O)NCc1scnc1C. The van der Waals surface area contributed by atoms with E-state index >= 15 is 0 Å². The molecule has 0 bridgehead atoms. The molecule has 0 aliphatic rings. The number of urea groups is 1. The Morgan fingerprint density at radius 1 is 1.71 bits per heavy atom. The zero-order valence-corrected chi connectivity index (χ0v) is 9.52. The lowest BCUT2D eigenvalue weighted by Gasteiger charge is -2.14. The van der Waals surface area contributed by atoms with Gasteiger partial charge in [-0.1, -0.05) is 0 Å². The monoisotopic (exact) mass is 213 g/mol. The zero-order chi connectivity index (χ0) is 10.6. The van der Waals surface area contributed by atoms with Gasteiger partial charge in [0.1, 0.15) is 0 Å². The summed E-state index contributed by atoms with van der Waals surface area (Å²) >= 11 is 1.57. The molecule has 0 radical (unpaired) electrons. The molecule has 1 heterocycles. The highest BCUT2D eigenvalue weighted by atomic mass is 32.1. The van der Waals surface area contributed by atoms with E-state index in [9.17, 15) is 4.79 Å². The minimum Gasteiger partial charge on any atom is -0.333 e. The molecule has 5 heteroatoms. The van der Waals surface area contributed by atoms with Crippen LogP contribution in [0, 0.1) is 6.92 Å². The van der Waals surface area contributed by atoms with Crippen LogP contribution in [0.5, 0.6) is 0 Å². The Kier molecular flexibility index (Phi) is 3.88. The van der Waals surface area contributed by atoms with Gasteiger partial charge in [0.25, 0.3) is 0 Å². The van der Waals surface area contributed by atoms with Crippen LogP contribution in [-0.2, 0) is 6.54 Å². The summed E-state index contributed by atoms with van der Waals surface area (Å²) in [5.74, 6) is 0. The molecule has 4 nitrogen and oxygen atoms in total.